The number of hydrogen-bond acceptors (Lipinski definition) is 3. The van der Waals surface area contributed by atoms with Crippen molar-refractivity contribution < 1.29 is 9.90 Å². The summed E-state index contributed by atoms with van der Waals surface area (Å²) in [5.41, 5.74) is 2.86. The minimum atomic E-state index is -0.254. The summed E-state index contributed by atoms with van der Waals surface area (Å²) >= 11 is 6.02. The predicted molar refractivity (Wildman–Crippen MR) is 114 cm³/mol. The number of rotatable bonds is 5. The lowest BCUT2D eigenvalue weighted by Crippen LogP contribution is -2.33. The number of amides is 1. The van der Waals surface area contributed by atoms with Crippen LogP contribution in [0.3, 0.4) is 0 Å². The van der Waals surface area contributed by atoms with Crippen molar-refractivity contribution >= 4 is 17.5 Å². The van der Waals surface area contributed by atoms with Gasteiger partial charge >= 0.3 is 0 Å². The van der Waals surface area contributed by atoms with E-state index in [-0.39, 0.29) is 12.0 Å². The first-order valence-corrected chi connectivity index (χ1v) is 10.4. The second-order valence-corrected chi connectivity index (χ2v) is 8.01. The first kappa shape index (κ1) is 19.7. The summed E-state index contributed by atoms with van der Waals surface area (Å²) in [6.07, 6.45) is 5.15. The van der Waals surface area contributed by atoms with Crippen molar-refractivity contribution in [2.24, 2.45) is 5.92 Å². The van der Waals surface area contributed by atoms with Crippen LogP contribution in [-0.4, -0.2) is 33.4 Å². The van der Waals surface area contributed by atoms with Crippen molar-refractivity contribution in [1.82, 2.24) is 15.1 Å². The number of aromatic nitrogens is 2. The van der Waals surface area contributed by atoms with E-state index in [1.54, 1.807) is 23.0 Å². The van der Waals surface area contributed by atoms with E-state index in [9.17, 15) is 9.90 Å². The molecule has 1 aliphatic rings. The molecule has 6 heteroatoms. The summed E-state index contributed by atoms with van der Waals surface area (Å²) < 4.78 is 1.73. The van der Waals surface area contributed by atoms with E-state index in [0.717, 1.165) is 36.9 Å². The number of para-hydroxylation sites is 1. The molecule has 1 saturated carbocycles. The van der Waals surface area contributed by atoms with Gasteiger partial charge < -0.3 is 10.4 Å². The minimum absolute atomic E-state index is 0.155. The van der Waals surface area contributed by atoms with E-state index in [0.29, 0.717) is 28.7 Å². The van der Waals surface area contributed by atoms with E-state index in [2.05, 4.69) is 10.4 Å². The molecule has 0 radical (unpaired) electrons. The summed E-state index contributed by atoms with van der Waals surface area (Å²) in [5, 5.41) is 18.2. The second-order valence-electron chi connectivity index (χ2n) is 7.57. The van der Waals surface area contributed by atoms with Gasteiger partial charge in [0.15, 0.2) is 0 Å². The van der Waals surface area contributed by atoms with Gasteiger partial charge in [-0.25, -0.2) is 4.68 Å². The molecule has 5 nitrogen and oxygen atoms in total. The highest BCUT2D eigenvalue weighted by Crippen LogP contribution is 2.26. The van der Waals surface area contributed by atoms with Crippen LogP contribution in [-0.2, 0) is 0 Å². The highest BCUT2D eigenvalue weighted by molar-refractivity contribution is 6.30. The molecule has 1 aliphatic carbocycles. The zero-order valence-electron chi connectivity index (χ0n) is 16.1. The second kappa shape index (κ2) is 8.80. The SMILES string of the molecule is O=C(NC[C@H]1CCC[C@@H](O)C1)c1cn(-c2ccccc2)nc1-c1ccc(Cl)cc1. The zero-order valence-corrected chi connectivity index (χ0v) is 16.8. The van der Waals surface area contributed by atoms with Gasteiger partial charge in [0.05, 0.1) is 17.4 Å². The first-order chi connectivity index (χ1) is 14.1. The molecule has 0 saturated heterocycles. The molecule has 1 amide bonds. The number of nitrogens with zero attached hydrogens (tertiary/aromatic N) is 2. The molecular weight excluding hydrogens is 386 g/mol. The number of carbonyl (C=O) groups excluding carboxylic acids is 1. The Morgan fingerprint density at radius 1 is 1.14 bits per heavy atom. The Bertz CT molecular complexity index is 970. The molecule has 2 atom stereocenters. The van der Waals surface area contributed by atoms with Gasteiger partial charge in [0.25, 0.3) is 5.91 Å². The van der Waals surface area contributed by atoms with E-state index in [1.807, 2.05) is 42.5 Å². The smallest absolute Gasteiger partial charge is 0.255 e. The van der Waals surface area contributed by atoms with Gasteiger partial charge in [-0.3, -0.25) is 4.79 Å². The maximum atomic E-state index is 13.0. The molecule has 2 aromatic carbocycles. The predicted octanol–water partition coefficient (Wildman–Crippen LogP) is 4.47. The Kier molecular flexibility index (Phi) is 5.97. The highest BCUT2D eigenvalue weighted by Gasteiger charge is 2.23. The van der Waals surface area contributed by atoms with Crippen molar-refractivity contribution in [3.05, 3.63) is 71.4 Å². The molecule has 2 N–H and O–H groups in total. The van der Waals surface area contributed by atoms with Crippen LogP contribution in [0.25, 0.3) is 16.9 Å². The van der Waals surface area contributed by atoms with Gasteiger partial charge in [-0.05, 0) is 49.4 Å². The fourth-order valence-corrected chi connectivity index (χ4v) is 3.98. The highest BCUT2D eigenvalue weighted by atomic mass is 35.5. The Morgan fingerprint density at radius 2 is 1.90 bits per heavy atom. The van der Waals surface area contributed by atoms with Gasteiger partial charge in [0, 0.05) is 23.3 Å². The lowest BCUT2D eigenvalue weighted by molar-refractivity contribution is 0.0874. The Morgan fingerprint density at radius 3 is 2.62 bits per heavy atom. The quantitative estimate of drug-likeness (QED) is 0.653. The topological polar surface area (TPSA) is 67.2 Å². The third-order valence-electron chi connectivity index (χ3n) is 5.40. The van der Waals surface area contributed by atoms with Gasteiger partial charge in [-0.1, -0.05) is 48.4 Å². The lowest BCUT2D eigenvalue weighted by Gasteiger charge is -2.25. The third-order valence-corrected chi connectivity index (χ3v) is 5.66. The molecule has 29 heavy (non-hydrogen) atoms. The van der Waals surface area contributed by atoms with E-state index >= 15 is 0 Å². The van der Waals surface area contributed by atoms with E-state index < -0.39 is 0 Å². The average molecular weight is 410 g/mol. The number of carbonyl (C=O) groups is 1. The standard InChI is InChI=1S/C23H24ClN3O2/c24-18-11-9-17(10-12-18)22-21(15-27(26-22)19-6-2-1-3-7-19)23(29)25-14-16-5-4-8-20(28)13-16/h1-3,6-7,9-12,15-16,20,28H,4-5,8,13-14H2,(H,25,29)/t16-,20+/m0/s1. The molecule has 4 rings (SSSR count). The summed E-state index contributed by atoms with van der Waals surface area (Å²) in [7, 11) is 0. The number of nitrogens with one attached hydrogen (secondary N) is 1. The van der Waals surface area contributed by atoms with Gasteiger partial charge in [0.2, 0.25) is 0 Å². The van der Waals surface area contributed by atoms with Crippen LogP contribution in [0.1, 0.15) is 36.0 Å². The summed E-state index contributed by atoms with van der Waals surface area (Å²) in [4.78, 5) is 13.0. The van der Waals surface area contributed by atoms with Gasteiger partial charge in [-0.2, -0.15) is 5.10 Å². The van der Waals surface area contributed by atoms with Crippen LogP contribution in [0, 0.1) is 5.92 Å². The van der Waals surface area contributed by atoms with Gasteiger partial charge in [-0.15, -0.1) is 0 Å². The van der Waals surface area contributed by atoms with Crippen LogP contribution < -0.4 is 5.32 Å². The lowest BCUT2D eigenvalue weighted by atomic mass is 9.87. The van der Waals surface area contributed by atoms with Crippen LogP contribution in [0.5, 0.6) is 0 Å². The number of aliphatic hydroxyl groups is 1. The molecule has 0 spiro atoms. The number of benzene rings is 2. The van der Waals surface area contributed by atoms with Crippen molar-refractivity contribution in [2.75, 3.05) is 6.54 Å². The molecule has 0 aliphatic heterocycles. The van der Waals surface area contributed by atoms with Crippen molar-refractivity contribution in [3.8, 4) is 16.9 Å². The molecule has 1 fully saturated rings. The Balaban J connectivity index is 1.60. The van der Waals surface area contributed by atoms with Crippen LogP contribution in [0.4, 0.5) is 0 Å². The summed E-state index contributed by atoms with van der Waals surface area (Å²) in [6.45, 7) is 0.562. The van der Waals surface area contributed by atoms with Crippen molar-refractivity contribution in [3.63, 3.8) is 0 Å². The maximum Gasteiger partial charge on any atom is 0.255 e. The molecule has 0 bridgehead atoms. The van der Waals surface area contributed by atoms with Crippen molar-refractivity contribution in [2.45, 2.75) is 31.8 Å². The van der Waals surface area contributed by atoms with E-state index in [4.69, 9.17) is 11.6 Å². The van der Waals surface area contributed by atoms with Gasteiger partial charge in [0.1, 0.15) is 5.69 Å². The van der Waals surface area contributed by atoms with Crippen molar-refractivity contribution in [1.29, 1.82) is 0 Å². The molecule has 3 aromatic rings. The fraction of sp³-hybridized carbons (Fsp3) is 0.304. The largest absolute Gasteiger partial charge is 0.393 e. The zero-order chi connectivity index (χ0) is 20.2. The molecular formula is C23H24ClN3O2. The Labute approximate surface area is 175 Å². The number of halogens is 1. The minimum Gasteiger partial charge on any atom is -0.393 e. The molecule has 1 aromatic heterocycles. The Hall–Kier alpha value is -2.63. The monoisotopic (exact) mass is 409 g/mol. The molecule has 150 valence electrons. The average Bonchev–Trinajstić information content (AvgIpc) is 3.19. The van der Waals surface area contributed by atoms with Crippen LogP contribution in [0.15, 0.2) is 60.8 Å². The summed E-state index contributed by atoms with van der Waals surface area (Å²) in [5.74, 6) is 0.156. The van der Waals surface area contributed by atoms with Crippen LogP contribution in [0.2, 0.25) is 5.02 Å². The van der Waals surface area contributed by atoms with E-state index in [1.165, 1.54) is 0 Å². The molecule has 0 unspecified atom stereocenters. The number of aliphatic hydroxyl groups excluding tert-OH is 1. The maximum absolute atomic E-state index is 13.0. The van der Waals surface area contributed by atoms with Crippen LogP contribution >= 0.6 is 11.6 Å². The third kappa shape index (κ3) is 4.69. The fourth-order valence-electron chi connectivity index (χ4n) is 3.85. The first-order valence-electron chi connectivity index (χ1n) is 9.97. The normalized spacial score (nSPS) is 19.1. The summed E-state index contributed by atoms with van der Waals surface area (Å²) in [6, 6.07) is 17.0. The molecule has 1 heterocycles. The number of hydrogen-bond donors (Lipinski definition) is 2.